The zero-order valence-electron chi connectivity index (χ0n) is 11.5. The molecule has 1 aromatic carbocycles. The van der Waals surface area contributed by atoms with Crippen LogP contribution in [0.1, 0.15) is 27.3 Å². The second-order valence-electron chi connectivity index (χ2n) is 4.64. The number of hydrogen-bond donors (Lipinski definition) is 3. The number of H-pyrrole nitrogens is 1. The molecule has 21 heavy (non-hydrogen) atoms. The van der Waals surface area contributed by atoms with Crippen molar-refractivity contribution in [2.24, 2.45) is 0 Å². The lowest BCUT2D eigenvalue weighted by atomic mass is 10.1. The number of aryl methyl sites for hydroxylation is 2. The highest BCUT2D eigenvalue weighted by atomic mass is 19.1. The van der Waals surface area contributed by atoms with E-state index in [4.69, 9.17) is 5.11 Å². The Balaban J connectivity index is 2.13. The molecule has 6 nitrogen and oxygen atoms in total. The molecule has 1 heterocycles. The van der Waals surface area contributed by atoms with Gasteiger partial charge in [0.1, 0.15) is 5.82 Å². The number of carboxylic acid groups (broad SMARTS) is 1. The number of aromatic nitrogens is 2. The van der Waals surface area contributed by atoms with Crippen molar-refractivity contribution in [3.05, 3.63) is 46.5 Å². The van der Waals surface area contributed by atoms with Gasteiger partial charge in [0, 0.05) is 16.9 Å². The van der Waals surface area contributed by atoms with E-state index in [0.717, 1.165) is 29.1 Å². The second kappa shape index (κ2) is 5.74. The van der Waals surface area contributed by atoms with Gasteiger partial charge >= 0.3 is 5.97 Å². The molecule has 0 unspecified atom stereocenters. The van der Waals surface area contributed by atoms with Crippen LogP contribution >= 0.6 is 0 Å². The molecule has 0 spiro atoms. The number of hydrogen-bond acceptors (Lipinski definition) is 3. The molecule has 0 radical (unpaired) electrons. The molecule has 0 aliphatic carbocycles. The molecule has 0 atom stereocenters. The summed E-state index contributed by atoms with van der Waals surface area (Å²) >= 11 is 0. The molecule has 2 rings (SSSR count). The molecule has 7 heteroatoms. The molecule has 0 bridgehead atoms. The van der Waals surface area contributed by atoms with Crippen molar-refractivity contribution in [2.45, 2.75) is 20.3 Å². The average molecular weight is 291 g/mol. The number of rotatable bonds is 4. The normalized spacial score (nSPS) is 10.4. The van der Waals surface area contributed by atoms with Crippen molar-refractivity contribution in [1.82, 2.24) is 10.2 Å². The minimum Gasteiger partial charge on any atom is -0.478 e. The zero-order chi connectivity index (χ0) is 15.6. The monoisotopic (exact) mass is 291 g/mol. The Morgan fingerprint density at radius 3 is 2.67 bits per heavy atom. The largest absolute Gasteiger partial charge is 0.478 e. The van der Waals surface area contributed by atoms with Crippen LogP contribution in [0.4, 0.5) is 10.1 Å². The maximum absolute atomic E-state index is 13.3. The Labute approximate surface area is 120 Å². The van der Waals surface area contributed by atoms with E-state index in [-0.39, 0.29) is 18.0 Å². The summed E-state index contributed by atoms with van der Waals surface area (Å²) in [4.78, 5) is 22.8. The smallest absolute Gasteiger partial charge is 0.338 e. The molecular formula is C14H14FN3O3. The molecule has 3 N–H and O–H groups in total. The summed E-state index contributed by atoms with van der Waals surface area (Å²) in [6, 6.07) is 3.41. The van der Waals surface area contributed by atoms with E-state index >= 15 is 0 Å². The summed E-state index contributed by atoms with van der Waals surface area (Å²) in [6.07, 6.45) is 0.105. The molecule has 0 fully saturated rings. The fourth-order valence-corrected chi connectivity index (χ4v) is 1.97. The van der Waals surface area contributed by atoms with Crippen molar-refractivity contribution >= 4 is 17.6 Å². The van der Waals surface area contributed by atoms with Gasteiger partial charge in [0.05, 0.1) is 17.7 Å². The Hall–Kier alpha value is -2.70. The maximum atomic E-state index is 13.3. The molecule has 110 valence electrons. The Kier molecular flexibility index (Phi) is 4.02. The summed E-state index contributed by atoms with van der Waals surface area (Å²) in [5.74, 6) is -2.56. The van der Waals surface area contributed by atoms with Gasteiger partial charge in [-0.3, -0.25) is 9.89 Å². The van der Waals surface area contributed by atoms with E-state index in [9.17, 15) is 14.0 Å². The molecule has 0 aliphatic heterocycles. The number of carboxylic acids is 1. The number of nitrogens with one attached hydrogen (secondary N) is 2. The van der Waals surface area contributed by atoms with E-state index < -0.39 is 17.3 Å². The van der Waals surface area contributed by atoms with Crippen LogP contribution in [-0.2, 0) is 11.2 Å². The molecule has 0 saturated carbocycles. The van der Waals surface area contributed by atoms with Gasteiger partial charge in [-0.2, -0.15) is 5.10 Å². The summed E-state index contributed by atoms with van der Waals surface area (Å²) in [6.45, 7) is 3.59. The van der Waals surface area contributed by atoms with Gasteiger partial charge in [-0.15, -0.1) is 0 Å². The number of nitrogens with zero attached hydrogens (tertiary/aromatic N) is 1. The van der Waals surface area contributed by atoms with Crippen LogP contribution in [0.5, 0.6) is 0 Å². The van der Waals surface area contributed by atoms with Crippen molar-refractivity contribution in [1.29, 1.82) is 0 Å². The number of halogens is 1. The van der Waals surface area contributed by atoms with Gasteiger partial charge in [0.2, 0.25) is 5.91 Å². The third kappa shape index (κ3) is 3.25. The van der Waals surface area contributed by atoms with Crippen LogP contribution in [0.2, 0.25) is 0 Å². The first-order chi connectivity index (χ1) is 9.88. The zero-order valence-corrected chi connectivity index (χ0v) is 11.5. The first kappa shape index (κ1) is 14.7. The predicted octanol–water partition coefficient (Wildman–Crippen LogP) is 2.05. The summed E-state index contributed by atoms with van der Waals surface area (Å²) in [5.41, 5.74) is 2.06. The topological polar surface area (TPSA) is 95.1 Å². The maximum Gasteiger partial charge on any atom is 0.338 e. The molecule has 1 aromatic heterocycles. The van der Waals surface area contributed by atoms with Crippen molar-refractivity contribution in [3.8, 4) is 0 Å². The second-order valence-corrected chi connectivity index (χ2v) is 4.64. The molecule has 1 amide bonds. The van der Waals surface area contributed by atoms with E-state index in [1.807, 2.05) is 6.92 Å². The average Bonchev–Trinajstić information content (AvgIpc) is 2.72. The lowest BCUT2D eigenvalue weighted by Gasteiger charge is -2.07. The number of aromatic carboxylic acids is 1. The fraction of sp³-hybridized carbons (Fsp3) is 0.214. The summed E-state index contributed by atoms with van der Waals surface area (Å²) < 4.78 is 13.3. The van der Waals surface area contributed by atoms with Gasteiger partial charge in [-0.1, -0.05) is 0 Å². The summed E-state index contributed by atoms with van der Waals surface area (Å²) in [7, 11) is 0. The van der Waals surface area contributed by atoms with Crippen molar-refractivity contribution < 1.29 is 19.1 Å². The lowest BCUT2D eigenvalue weighted by Crippen LogP contribution is -2.16. The number of carbonyl (C=O) groups is 2. The highest BCUT2D eigenvalue weighted by Crippen LogP contribution is 2.16. The Bertz CT molecular complexity index is 690. The standard InChI is InChI=1S/C14H14FN3O3/c1-7-10(8(2)18-17-7)6-13(19)16-9-3-4-12(15)11(5-9)14(20)21/h3-5H,6H2,1-2H3,(H,16,19)(H,17,18)(H,20,21). The molecular weight excluding hydrogens is 277 g/mol. The van der Waals surface area contributed by atoms with Crippen LogP contribution < -0.4 is 5.32 Å². The quantitative estimate of drug-likeness (QED) is 0.803. The van der Waals surface area contributed by atoms with Gasteiger partial charge < -0.3 is 10.4 Å². The molecule has 0 saturated heterocycles. The third-order valence-corrected chi connectivity index (χ3v) is 3.10. The fourth-order valence-electron chi connectivity index (χ4n) is 1.97. The Morgan fingerprint density at radius 1 is 1.38 bits per heavy atom. The number of amides is 1. The Morgan fingerprint density at radius 2 is 2.10 bits per heavy atom. The number of carbonyl (C=O) groups excluding carboxylic acids is 1. The predicted molar refractivity (Wildman–Crippen MR) is 73.8 cm³/mol. The lowest BCUT2D eigenvalue weighted by molar-refractivity contribution is -0.115. The van der Waals surface area contributed by atoms with Crippen molar-refractivity contribution in [2.75, 3.05) is 5.32 Å². The SMILES string of the molecule is Cc1n[nH]c(C)c1CC(=O)Nc1ccc(F)c(C(=O)O)c1. The van der Waals surface area contributed by atoms with Crippen LogP contribution in [0.15, 0.2) is 18.2 Å². The third-order valence-electron chi connectivity index (χ3n) is 3.10. The minimum absolute atomic E-state index is 0.105. The summed E-state index contributed by atoms with van der Waals surface area (Å²) in [5, 5.41) is 18.2. The van der Waals surface area contributed by atoms with E-state index in [0.29, 0.717) is 0 Å². The van der Waals surface area contributed by atoms with Crippen LogP contribution in [-0.4, -0.2) is 27.2 Å². The molecule has 2 aromatic rings. The number of benzene rings is 1. The highest BCUT2D eigenvalue weighted by Gasteiger charge is 2.14. The van der Waals surface area contributed by atoms with Gasteiger partial charge in [0.15, 0.2) is 0 Å². The highest BCUT2D eigenvalue weighted by molar-refractivity contribution is 5.95. The first-order valence-corrected chi connectivity index (χ1v) is 6.21. The van der Waals surface area contributed by atoms with Gasteiger partial charge in [-0.05, 0) is 32.0 Å². The van der Waals surface area contributed by atoms with E-state index in [1.54, 1.807) is 6.92 Å². The van der Waals surface area contributed by atoms with Crippen LogP contribution in [0, 0.1) is 19.7 Å². The molecule has 0 aliphatic rings. The first-order valence-electron chi connectivity index (χ1n) is 6.21. The van der Waals surface area contributed by atoms with E-state index in [1.165, 1.54) is 6.07 Å². The van der Waals surface area contributed by atoms with Crippen LogP contribution in [0.3, 0.4) is 0 Å². The number of aromatic amines is 1. The number of anilines is 1. The van der Waals surface area contributed by atoms with Crippen molar-refractivity contribution in [3.63, 3.8) is 0 Å². The van der Waals surface area contributed by atoms with Gasteiger partial charge in [-0.25, -0.2) is 9.18 Å². The minimum atomic E-state index is -1.38. The van der Waals surface area contributed by atoms with E-state index in [2.05, 4.69) is 15.5 Å². The van der Waals surface area contributed by atoms with Crippen LogP contribution in [0.25, 0.3) is 0 Å². The van der Waals surface area contributed by atoms with Gasteiger partial charge in [0.25, 0.3) is 0 Å².